The van der Waals surface area contributed by atoms with E-state index in [0.717, 1.165) is 28.2 Å². The van der Waals surface area contributed by atoms with Gasteiger partial charge in [0.05, 0.1) is 41.0 Å². The van der Waals surface area contributed by atoms with Crippen molar-refractivity contribution in [3.63, 3.8) is 0 Å². The molecule has 4 N–H and O–H groups in total. The van der Waals surface area contributed by atoms with E-state index in [1.54, 1.807) is 30.5 Å². The van der Waals surface area contributed by atoms with E-state index >= 15 is 0 Å². The lowest BCUT2D eigenvalue weighted by Crippen LogP contribution is -2.39. The van der Waals surface area contributed by atoms with Crippen LogP contribution < -0.4 is 10.2 Å². The van der Waals surface area contributed by atoms with Crippen molar-refractivity contribution in [2.75, 3.05) is 16.8 Å². The molecule has 0 spiro atoms. The molecule has 2 aliphatic rings. The van der Waals surface area contributed by atoms with Crippen LogP contribution in [0.5, 0.6) is 5.75 Å². The summed E-state index contributed by atoms with van der Waals surface area (Å²) in [5.74, 6) is -2.65. The van der Waals surface area contributed by atoms with E-state index in [0.29, 0.717) is 47.5 Å². The summed E-state index contributed by atoms with van der Waals surface area (Å²) in [6, 6.07) is 27.2. The maximum Gasteiger partial charge on any atom is 0.238 e. The van der Waals surface area contributed by atoms with E-state index in [4.69, 9.17) is 11.6 Å². The summed E-state index contributed by atoms with van der Waals surface area (Å²) in [4.78, 5) is 33.6. The van der Waals surface area contributed by atoms with Crippen molar-refractivity contribution in [2.24, 2.45) is 17.8 Å². The van der Waals surface area contributed by atoms with Crippen molar-refractivity contribution in [3.8, 4) is 5.75 Å². The summed E-state index contributed by atoms with van der Waals surface area (Å²) in [6.07, 6.45) is 4.28. The number of hydrogen-bond donors (Lipinski definition) is 4. The molecule has 0 bridgehead atoms. The highest BCUT2D eigenvalue weighted by Crippen LogP contribution is 2.48. The largest absolute Gasteiger partial charge is 0.508 e. The number of anilines is 3. The number of halogens is 1. The lowest BCUT2D eigenvalue weighted by molar-refractivity contribution is -0.123. The topological polar surface area (TPSA) is 123 Å². The minimum Gasteiger partial charge on any atom is -0.508 e. The number of amides is 2. The molecule has 0 saturated carbocycles. The Morgan fingerprint density at radius 1 is 1.00 bits per heavy atom. The van der Waals surface area contributed by atoms with Crippen LogP contribution in [0, 0.1) is 17.8 Å². The van der Waals surface area contributed by atoms with Gasteiger partial charge in [0.1, 0.15) is 5.75 Å². The van der Waals surface area contributed by atoms with Gasteiger partial charge in [0, 0.05) is 23.5 Å². The Morgan fingerprint density at radius 3 is 2.40 bits per heavy atom. The summed E-state index contributed by atoms with van der Waals surface area (Å²) in [5.41, 5.74) is 6.02. The summed E-state index contributed by atoms with van der Waals surface area (Å²) in [7, 11) is 0. The van der Waals surface area contributed by atoms with Crippen LogP contribution in [-0.2, 0) is 9.59 Å². The third-order valence-corrected chi connectivity index (χ3v) is 9.68. The second-order valence-corrected chi connectivity index (χ2v) is 12.6. The number of hydrogen-bond acceptors (Lipinski definition) is 7. The Balaban J connectivity index is 1.23. The first kappa shape index (κ1) is 33.2. The third kappa shape index (κ3) is 6.78. The number of aliphatic hydroxyl groups excluding tert-OH is 2. The maximum absolute atomic E-state index is 14.0. The van der Waals surface area contributed by atoms with Crippen LogP contribution in [0.2, 0.25) is 5.02 Å². The molecule has 1 fully saturated rings. The number of nitrogens with one attached hydrogen (secondary N) is 1. The van der Waals surface area contributed by atoms with Crippen molar-refractivity contribution < 1.29 is 24.9 Å². The zero-order valence-electron chi connectivity index (χ0n) is 26.6. The number of imide groups is 1. The highest BCUT2D eigenvalue weighted by atomic mass is 35.5. The van der Waals surface area contributed by atoms with Crippen molar-refractivity contribution in [1.29, 1.82) is 0 Å². The van der Waals surface area contributed by atoms with Gasteiger partial charge in [0.15, 0.2) is 0 Å². The molecule has 4 aromatic rings. The van der Waals surface area contributed by atoms with Crippen LogP contribution in [-0.4, -0.2) is 44.8 Å². The molecule has 6 rings (SSSR count). The number of carbonyl (C=O) groups is 2. The van der Waals surface area contributed by atoms with Gasteiger partial charge in [-0.2, -0.15) is 0 Å². The number of aromatic nitrogens is 1. The van der Waals surface area contributed by atoms with Crippen molar-refractivity contribution >= 4 is 52.1 Å². The fourth-order valence-corrected chi connectivity index (χ4v) is 7.26. The van der Waals surface area contributed by atoms with Crippen LogP contribution in [0.4, 0.5) is 17.1 Å². The normalized spacial score (nSPS) is 20.2. The van der Waals surface area contributed by atoms with E-state index in [2.05, 4.69) is 10.3 Å². The number of para-hydroxylation sites is 1. The monoisotopic (exact) mass is 663 g/mol. The van der Waals surface area contributed by atoms with Gasteiger partial charge in [-0.15, -0.1) is 0 Å². The van der Waals surface area contributed by atoms with Gasteiger partial charge in [0.25, 0.3) is 0 Å². The molecular weight excluding hydrogens is 626 g/mol. The predicted octanol–water partition coefficient (Wildman–Crippen LogP) is 7.39. The number of aromatic hydroxyl groups is 1. The highest BCUT2D eigenvalue weighted by molar-refractivity contribution is 6.32. The molecule has 0 unspecified atom stereocenters. The molecule has 2 heterocycles. The van der Waals surface area contributed by atoms with Crippen LogP contribution in [0.25, 0.3) is 11.6 Å². The number of benzene rings is 3. The van der Waals surface area contributed by atoms with E-state index in [1.807, 2.05) is 73.7 Å². The molecule has 1 aromatic heterocycles. The predicted molar refractivity (Wildman–Crippen MR) is 189 cm³/mol. The third-order valence-electron chi connectivity index (χ3n) is 9.35. The average Bonchev–Trinajstić information content (AvgIpc) is 3.36. The second kappa shape index (κ2) is 14.6. The molecular formula is C39H38ClN3O5. The first-order valence-corrected chi connectivity index (χ1v) is 16.6. The molecule has 48 heavy (non-hydrogen) atoms. The second-order valence-electron chi connectivity index (χ2n) is 12.2. The number of aliphatic hydroxyl groups is 2. The SMILES string of the molecule is CCC1=C([C@H](O)CC/C(=C/c2ccc(O)cc2Cl)c2ccccn2)[C@H](CO)[C@@H]2C(=O)N(c3ccc(Nc4ccccc4)cc3)C(=O)[C@@H]2C1. The number of phenolic OH excluding ortho intramolecular Hbond substituents is 1. The van der Waals surface area contributed by atoms with Gasteiger partial charge in [0.2, 0.25) is 11.8 Å². The fraction of sp³-hybridized carbons (Fsp3) is 0.256. The zero-order valence-corrected chi connectivity index (χ0v) is 27.3. The Kier molecular flexibility index (Phi) is 10.1. The van der Waals surface area contributed by atoms with Gasteiger partial charge >= 0.3 is 0 Å². The number of pyridine rings is 1. The quantitative estimate of drug-likeness (QED) is 0.0975. The van der Waals surface area contributed by atoms with E-state index in [9.17, 15) is 24.9 Å². The molecule has 8 nitrogen and oxygen atoms in total. The lowest BCUT2D eigenvalue weighted by atomic mass is 9.67. The summed E-state index contributed by atoms with van der Waals surface area (Å²) in [6.45, 7) is 1.61. The smallest absolute Gasteiger partial charge is 0.238 e. The van der Waals surface area contributed by atoms with Gasteiger partial charge < -0.3 is 20.6 Å². The summed E-state index contributed by atoms with van der Waals surface area (Å²) < 4.78 is 0. The highest BCUT2D eigenvalue weighted by Gasteiger charge is 2.55. The van der Waals surface area contributed by atoms with Gasteiger partial charge in [-0.25, -0.2) is 0 Å². The fourth-order valence-electron chi connectivity index (χ4n) is 7.03. The van der Waals surface area contributed by atoms with Crippen LogP contribution in [0.3, 0.4) is 0 Å². The molecule has 4 atom stereocenters. The zero-order chi connectivity index (χ0) is 33.8. The average molecular weight is 664 g/mol. The Bertz CT molecular complexity index is 1840. The molecule has 3 aromatic carbocycles. The minimum absolute atomic E-state index is 0.0622. The summed E-state index contributed by atoms with van der Waals surface area (Å²) >= 11 is 6.42. The minimum atomic E-state index is -0.958. The molecule has 246 valence electrons. The maximum atomic E-state index is 14.0. The van der Waals surface area contributed by atoms with E-state index in [-0.39, 0.29) is 24.2 Å². The summed E-state index contributed by atoms with van der Waals surface area (Å²) in [5, 5.41) is 36.0. The molecule has 9 heteroatoms. The molecule has 0 radical (unpaired) electrons. The molecule has 2 amide bonds. The van der Waals surface area contributed by atoms with Crippen molar-refractivity contribution in [3.05, 3.63) is 125 Å². The number of fused-ring (bicyclic) bond motifs is 1. The van der Waals surface area contributed by atoms with Crippen molar-refractivity contribution in [2.45, 2.75) is 38.7 Å². The van der Waals surface area contributed by atoms with E-state index in [1.165, 1.54) is 11.0 Å². The van der Waals surface area contributed by atoms with Crippen LogP contribution in [0.1, 0.15) is 43.9 Å². The number of carbonyl (C=O) groups excluding carboxylic acids is 2. The van der Waals surface area contributed by atoms with E-state index < -0.39 is 23.9 Å². The van der Waals surface area contributed by atoms with Gasteiger partial charge in [-0.3, -0.25) is 19.5 Å². The Labute approximate surface area is 285 Å². The molecule has 1 aliphatic heterocycles. The van der Waals surface area contributed by atoms with Crippen molar-refractivity contribution in [1.82, 2.24) is 4.98 Å². The van der Waals surface area contributed by atoms with Crippen LogP contribution >= 0.6 is 11.6 Å². The molecule has 1 saturated heterocycles. The van der Waals surface area contributed by atoms with Crippen LogP contribution in [0.15, 0.2) is 108 Å². The number of nitrogens with zero attached hydrogens (tertiary/aromatic N) is 2. The first-order chi connectivity index (χ1) is 23.3. The van der Waals surface area contributed by atoms with Gasteiger partial charge in [-0.1, -0.05) is 48.4 Å². The lowest BCUT2D eigenvalue weighted by Gasteiger charge is -2.36. The first-order valence-electron chi connectivity index (χ1n) is 16.2. The number of rotatable bonds is 11. The Morgan fingerprint density at radius 2 is 1.73 bits per heavy atom. The van der Waals surface area contributed by atoms with Gasteiger partial charge in [-0.05, 0) is 115 Å². The Hall–Kier alpha value is -4.76. The molecule has 1 aliphatic carbocycles. The number of phenols is 1. The standard InChI is InChI=1S/C39H38ClN3O5/c1-2-24-21-31-37(39(48)43(38(31)47)29-15-13-28(14-16-29)42-27-8-4-3-5-9-27)32(23-44)36(24)35(46)18-12-26(34-10-6-7-19-41-34)20-25-11-17-30(45)22-33(25)40/h3-11,13-17,19-20,22,31-32,35,37,42,44-46H,2,12,18,21,23H2,1H3/b26-20-/t31-,32+,35-,37-/m1/s1. The number of allylic oxidation sites excluding steroid dienone is 2.